The summed E-state index contributed by atoms with van der Waals surface area (Å²) in [5, 5.41) is 3.50. The first-order chi connectivity index (χ1) is 14.3. The van der Waals surface area contributed by atoms with Gasteiger partial charge in [-0.15, -0.1) is 0 Å². The fourth-order valence-electron chi connectivity index (χ4n) is 3.63. The molecule has 2 N–H and O–H groups in total. The number of nitrogens with one attached hydrogen (secondary N) is 2. The normalized spacial score (nSPS) is 12.4. The standard InChI is InChI=1S/C22H30N2O6/c1-6-18-17(16-11-9-10-12-19(16)30-18)13-24(5)14-22(23-15(4)25,20(26)28-7-2)21(27)29-8-3/h9-12H,6-8,13-14H2,1-5H3,(H,23,25)/p+1. The molecule has 1 unspecified atom stereocenters. The van der Waals surface area contributed by atoms with Crippen molar-refractivity contribution in [3.05, 3.63) is 35.6 Å². The maximum atomic E-state index is 12.8. The first-order valence-corrected chi connectivity index (χ1v) is 10.2. The van der Waals surface area contributed by atoms with Crippen molar-refractivity contribution in [3.63, 3.8) is 0 Å². The van der Waals surface area contributed by atoms with Gasteiger partial charge in [-0.3, -0.25) is 4.79 Å². The fraction of sp³-hybridized carbons (Fsp3) is 0.500. The highest BCUT2D eigenvalue weighted by Crippen LogP contribution is 2.25. The summed E-state index contributed by atoms with van der Waals surface area (Å²) in [6.07, 6.45) is 0.712. The maximum Gasteiger partial charge on any atom is 0.349 e. The van der Waals surface area contributed by atoms with Crippen LogP contribution in [-0.4, -0.2) is 50.2 Å². The van der Waals surface area contributed by atoms with E-state index < -0.39 is 23.4 Å². The number of para-hydroxylation sites is 1. The van der Waals surface area contributed by atoms with Gasteiger partial charge < -0.3 is 24.1 Å². The van der Waals surface area contributed by atoms with Gasteiger partial charge in [0.25, 0.3) is 5.54 Å². The van der Waals surface area contributed by atoms with Crippen molar-refractivity contribution in [2.75, 3.05) is 26.8 Å². The molecule has 8 heteroatoms. The summed E-state index contributed by atoms with van der Waals surface area (Å²) in [4.78, 5) is 38.4. The van der Waals surface area contributed by atoms with Gasteiger partial charge in [0, 0.05) is 18.7 Å². The van der Waals surface area contributed by atoms with Crippen molar-refractivity contribution in [3.8, 4) is 0 Å². The van der Waals surface area contributed by atoms with Crippen LogP contribution >= 0.6 is 0 Å². The molecule has 1 atom stereocenters. The second-order valence-corrected chi connectivity index (χ2v) is 7.19. The molecule has 0 fully saturated rings. The van der Waals surface area contributed by atoms with E-state index in [1.165, 1.54) is 6.92 Å². The zero-order valence-electron chi connectivity index (χ0n) is 18.3. The van der Waals surface area contributed by atoms with Gasteiger partial charge in [-0.05, 0) is 19.9 Å². The lowest BCUT2D eigenvalue weighted by atomic mass is 9.98. The van der Waals surface area contributed by atoms with Gasteiger partial charge in [0.15, 0.2) is 0 Å². The molecule has 30 heavy (non-hydrogen) atoms. The number of ether oxygens (including phenoxy) is 2. The molecule has 2 rings (SSSR count). The van der Waals surface area contributed by atoms with Crippen molar-refractivity contribution in [2.24, 2.45) is 0 Å². The molecule has 0 radical (unpaired) electrons. The molecule has 0 saturated carbocycles. The van der Waals surface area contributed by atoms with Crippen LogP contribution in [-0.2, 0) is 36.8 Å². The molecule has 8 nitrogen and oxygen atoms in total. The largest absolute Gasteiger partial charge is 0.464 e. The number of fused-ring (bicyclic) bond motifs is 1. The Labute approximate surface area is 176 Å². The SMILES string of the molecule is CCOC(=O)C(C[NH+](C)Cc1c(CC)oc2ccccc12)(NC(C)=O)C(=O)OCC. The molecule has 1 aromatic carbocycles. The third kappa shape index (κ3) is 4.99. The number of carbonyl (C=O) groups is 3. The van der Waals surface area contributed by atoms with E-state index in [-0.39, 0.29) is 19.8 Å². The van der Waals surface area contributed by atoms with Crippen molar-refractivity contribution in [1.82, 2.24) is 5.32 Å². The van der Waals surface area contributed by atoms with E-state index in [0.29, 0.717) is 13.0 Å². The lowest BCUT2D eigenvalue weighted by Crippen LogP contribution is -3.11. The molecule has 0 bridgehead atoms. The van der Waals surface area contributed by atoms with E-state index >= 15 is 0 Å². The Balaban J connectivity index is 2.40. The van der Waals surface area contributed by atoms with Gasteiger partial charge in [0.1, 0.15) is 24.4 Å². The molecule has 0 aliphatic carbocycles. The predicted octanol–water partition coefficient (Wildman–Crippen LogP) is 1.01. The minimum absolute atomic E-state index is 0.0348. The van der Waals surface area contributed by atoms with Crippen molar-refractivity contribution < 1.29 is 33.2 Å². The van der Waals surface area contributed by atoms with Crippen LogP contribution in [0.1, 0.15) is 39.0 Å². The summed E-state index contributed by atoms with van der Waals surface area (Å²) in [5.41, 5.74) is -0.121. The number of rotatable bonds is 10. The van der Waals surface area contributed by atoms with Gasteiger partial charge in [0.05, 0.1) is 25.8 Å². The Morgan fingerprint density at radius 1 is 1.07 bits per heavy atom. The topological polar surface area (TPSA) is 99.3 Å². The zero-order chi connectivity index (χ0) is 22.3. The average Bonchev–Trinajstić information content (AvgIpc) is 3.05. The quantitative estimate of drug-likeness (QED) is 0.441. The highest BCUT2D eigenvalue weighted by Gasteiger charge is 2.53. The van der Waals surface area contributed by atoms with E-state index in [9.17, 15) is 14.4 Å². The first kappa shape index (κ1) is 23.4. The molecular weight excluding hydrogens is 388 g/mol. The van der Waals surface area contributed by atoms with Crippen molar-refractivity contribution in [2.45, 2.75) is 46.2 Å². The number of quaternary nitrogens is 1. The molecule has 0 spiro atoms. The van der Waals surface area contributed by atoms with Crippen LogP contribution in [0.2, 0.25) is 0 Å². The summed E-state index contributed by atoms with van der Waals surface area (Å²) in [6, 6.07) is 7.74. The van der Waals surface area contributed by atoms with Crippen LogP contribution in [0.4, 0.5) is 0 Å². The Bertz CT molecular complexity index is 886. The second-order valence-electron chi connectivity index (χ2n) is 7.19. The number of benzene rings is 1. The van der Waals surface area contributed by atoms with E-state index in [4.69, 9.17) is 13.9 Å². The first-order valence-electron chi connectivity index (χ1n) is 10.2. The molecule has 1 heterocycles. The molecule has 0 aliphatic rings. The molecule has 0 aliphatic heterocycles. The number of hydrogen-bond acceptors (Lipinski definition) is 6. The van der Waals surface area contributed by atoms with E-state index in [0.717, 1.165) is 27.2 Å². The smallest absolute Gasteiger partial charge is 0.349 e. The molecule has 1 aromatic heterocycles. The van der Waals surface area contributed by atoms with Crippen molar-refractivity contribution in [1.29, 1.82) is 0 Å². The number of esters is 2. The summed E-state index contributed by atoms with van der Waals surface area (Å²) in [5.74, 6) is -1.32. The Kier molecular flexibility index (Phi) is 8.00. The summed E-state index contributed by atoms with van der Waals surface area (Å²) in [7, 11) is 1.84. The monoisotopic (exact) mass is 419 g/mol. The van der Waals surface area contributed by atoms with Crippen LogP contribution in [0.5, 0.6) is 0 Å². The van der Waals surface area contributed by atoms with Gasteiger partial charge >= 0.3 is 11.9 Å². The number of aryl methyl sites for hydroxylation is 1. The Morgan fingerprint density at radius 3 is 2.20 bits per heavy atom. The van der Waals surface area contributed by atoms with Gasteiger partial charge in [-0.2, -0.15) is 0 Å². The molecular formula is C22H31N2O6+. The minimum Gasteiger partial charge on any atom is -0.464 e. The van der Waals surface area contributed by atoms with E-state index in [1.807, 2.05) is 38.2 Å². The highest BCUT2D eigenvalue weighted by atomic mass is 16.6. The molecule has 1 amide bonds. The van der Waals surface area contributed by atoms with Crippen LogP contribution in [0.3, 0.4) is 0 Å². The second kappa shape index (κ2) is 10.2. The number of hydrogen-bond donors (Lipinski definition) is 2. The summed E-state index contributed by atoms with van der Waals surface area (Å²) >= 11 is 0. The lowest BCUT2D eigenvalue weighted by molar-refractivity contribution is -0.895. The maximum absolute atomic E-state index is 12.8. The van der Waals surface area contributed by atoms with Crippen molar-refractivity contribution >= 4 is 28.8 Å². The van der Waals surface area contributed by atoms with E-state index in [1.54, 1.807) is 13.8 Å². The van der Waals surface area contributed by atoms with Gasteiger partial charge in [-0.1, -0.05) is 25.1 Å². The Hall–Kier alpha value is -2.87. The predicted molar refractivity (Wildman–Crippen MR) is 111 cm³/mol. The lowest BCUT2D eigenvalue weighted by Gasteiger charge is -2.31. The fourth-order valence-corrected chi connectivity index (χ4v) is 3.63. The van der Waals surface area contributed by atoms with Crippen LogP contribution in [0.25, 0.3) is 11.0 Å². The van der Waals surface area contributed by atoms with Crippen LogP contribution in [0, 0.1) is 0 Å². The van der Waals surface area contributed by atoms with Gasteiger partial charge in [-0.25, -0.2) is 9.59 Å². The van der Waals surface area contributed by atoms with Crippen LogP contribution < -0.4 is 10.2 Å². The third-order valence-corrected chi connectivity index (χ3v) is 4.79. The molecule has 164 valence electrons. The summed E-state index contributed by atoms with van der Waals surface area (Å²) in [6.45, 7) is 7.15. The number of furan rings is 1. The average molecular weight is 419 g/mol. The van der Waals surface area contributed by atoms with E-state index in [2.05, 4.69) is 5.32 Å². The van der Waals surface area contributed by atoms with Gasteiger partial charge in [0.2, 0.25) is 5.91 Å². The molecule has 0 saturated heterocycles. The highest BCUT2D eigenvalue weighted by molar-refractivity contribution is 6.07. The molecule has 2 aromatic rings. The number of carbonyl (C=O) groups excluding carboxylic acids is 3. The van der Waals surface area contributed by atoms with Crippen LogP contribution in [0.15, 0.2) is 28.7 Å². The summed E-state index contributed by atoms with van der Waals surface area (Å²) < 4.78 is 16.2. The third-order valence-electron chi connectivity index (χ3n) is 4.79. The number of likely N-dealkylation sites (N-methyl/N-ethyl adjacent to an activating group) is 1. The number of amides is 1. The zero-order valence-corrected chi connectivity index (χ0v) is 18.3. The minimum atomic E-state index is -1.92. The Morgan fingerprint density at radius 2 is 1.67 bits per heavy atom.